The van der Waals surface area contributed by atoms with Crippen molar-refractivity contribution in [3.05, 3.63) is 310 Å². The maximum absolute atomic E-state index is 4.70. The summed E-state index contributed by atoms with van der Waals surface area (Å²) in [5, 5.41) is 4.39. The highest BCUT2D eigenvalue weighted by atomic mass is 15.2. The summed E-state index contributed by atoms with van der Waals surface area (Å²) < 4.78 is 2.39. The van der Waals surface area contributed by atoms with E-state index in [2.05, 4.69) is 309 Å². The molecule has 79 heavy (non-hydrogen) atoms. The minimum absolute atomic E-state index is 0.948. The third-order valence-corrected chi connectivity index (χ3v) is 14.7. The van der Waals surface area contributed by atoms with Crippen LogP contribution in [0.2, 0.25) is 0 Å². The number of para-hydroxylation sites is 5. The van der Waals surface area contributed by atoms with Crippen molar-refractivity contribution in [2.45, 2.75) is 0 Å². The first-order valence-corrected chi connectivity index (χ1v) is 26.6. The largest absolute Gasteiger partial charge is 0.311 e. The van der Waals surface area contributed by atoms with Crippen molar-refractivity contribution in [3.8, 4) is 5.69 Å². The van der Waals surface area contributed by atoms with Crippen molar-refractivity contribution in [1.29, 1.82) is 0 Å². The molecule has 14 rings (SSSR count). The molecule has 0 aliphatic heterocycles. The number of aromatic nitrogens is 3. The van der Waals surface area contributed by atoms with Gasteiger partial charge in [0.05, 0.1) is 22.1 Å². The molecule has 7 heteroatoms. The summed E-state index contributed by atoms with van der Waals surface area (Å²) >= 11 is 0. The second-order valence-corrected chi connectivity index (χ2v) is 19.6. The Bertz CT molecular complexity index is 4070. The van der Waals surface area contributed by atoms with E-state index < -0.39 is 0 Å². The summed E-state index contributed by atoms with van der Waals surface area (Å²) in [6, 6.07) is 106. The van der Waals surface area contributed by atoms with E-state index in [1.807, 2.05) is 24.5 Å². The van der Waals surface area contributed by atoms with Crippen molar-refractivity contribution in [2.24, 2.45) is 0 Å². The lowest BCUT2D eigenvalue weighted by Crippen LogP contribution is -2.12. The van der Waals surface area contributed by atoms with Gasteiger partial charge in [-0.3, -0.25) is 9.97 Å². The normalized spacial score (nSPS) is 11.3. The minimum atomic E-state index is 0.948. The Morgan fingerprint density at radius 2 is 0.506 bits per heavy atom. The molecule has 0 saturated carbocycles. The Kier molecular flexibility index (Phi) is 12.1. The first kappa shape index (κ1) is 46.7. The second-order valence-electron chi connectivity index (χ2n) is 19.6. The molecule has 0 atom stereocenters. The molecule has 0 unspecified atom stereocenters. The van der Waals surface area contributed by atoms with Crippen LogP contribution in [0, 0.1) is 0 Å². The summed E-state index contributed by atoms with van der Waals surface area (Å²) in [6.07, 6.45) is 3.71. The molecule has 374 valence electrons. The van der Waals surface area contributed by atoms with E-state index in [-0.39, 0.29) is 0 Å². The Hall–Kier alpha value is -10.8. The van der Waals surface area contributed by atoms with E-state index in [0.29, 0.717) is 0 Å². The lowest BCUT2D eigenvalue weighted by Gasteiger charge is -2.28. The number of pyridine rings is 2. The molecular formula is C72H51N7. The number of hydrogen-bond donors (Lipinski definition) is 0. The average molecular weight is 1010 g/mol. The first-order chi connectivity index (χ1) is 39.2. The quantitative estimate of drug-likeness (QED) is 0.115. The summed E-state index contributed by atoms with van der Waals surface area (Å²) in [5.74, 6) is 0. The molecule has 0 radical (unpaired) electrons. The van der Waals surface area contributed by atoms with E-state index in [9.17, 15) is 0 Å². The molecular weight excluding hydrogens is 963 g/mol. The van der Waals surface area contributed by atoms with Gasteiger partial charge < -0.3 is 24.2 Å². The second kappa shape index (κ2) is 20.4. The molecule has 14 aromatic rings. The first-order valence-electron chi connectivity index (χ1n) is 26.6. The Morgan fingerprint density at radius 3 is 0.861 bits per heavy atom. The van der Waals surface area contributed by atoms with Crippen LogP contribution in [0.4, 0.5) is 68.2 Å². The Morgan fingerprint density at radius 1 is 0.228 bits per heavy atom. The van der Waals surface area contributed by atoms with Gasteiger partial charge in [-0.15, -0.1) is 0 Å². The van der Waals surface area contributed by atoms with E-state index >= 15 is 0 Å². The summed E-state index contributed by atoms with van der Waals surface area (Å²) in [7, 11) is 0. The predicted molar refractivity (Wildman–Crippen MR) is 330 cm³/mol. The molecule has 0 aliphatic carbocycles. The molecule has 0 aliphatic rings. The average Bonchev–Trinajstić information content (AvgIpc) is 3.89. The molecule has 11 aromatic carbocycles. The minimum Gasteiger partial charge on any atom is -0.311 e. The van der Waals surface area contributed by atoms with Crippen LogP contribution >= 0.6 is 0 Å². The Balaban J connectivity index is 0.943. The van der Waals surface area contributed by atoms with E-state index in [0.717, 1.165) is 118 Å². The summed E-state index contributed by atoms with van der Waals surface area (Å²) in [5.41, 5.74) is 17.8. The van der Waals surface area contributed by atoms with Gasteiger partial charge in [-0.2, -0.15) is 0 Å². The van der Waals surface area contributed by atoms with Crippen LogP contribution in [0.5, 0.6) is 0 Å². The van der Waals surface area contributed by atoms with Gasteiger partial charge in [0.2, 0.25) is 0 Å². The van der Waals surface area contributed by atoms with Crippen molar-refractivity contribution in [1.82, 2.24) is 14.5 Å². The van der Waals surface area contributed by atoms with Crippen LogP contribution < -0.4 is 19.6 Å². The maximum Gasteiger partial charge on any atom is 0.0703 e. The highest BCUT2D eigenvalue weighted by molar-refractivity contribution is 6.12. The summed E-state index contributed by atoms with van der Waals surface area (Å²) in [4.78, 5) is 18.7. The SMILES string of the molecule is c1ccc(N(c2ccccc2)c2ccc(N(c3ccc4ncccc4c3)c3ccc4c(c3)c3cc(N(c5ccc(N(c6ccccc6)c6ccccc6)cc5)c5ccc6ncccc6c5)ccc3n4-c3ccccc3)cc2)cc1. The molecule has 0 saturated heterocycles. The summed E-state index contributed by atoms with van der Waals surface area (Å²) in [6.45, 7) is 0. The van der Waals surface area contributed by atoms with Gasteiger partial charge in [-0.05, 0) is 194 Å². The van der Waals surface area contributed by atoms with Gasteiger partial charge in [-0.1, -0.05) is 103 Å². The molecule has 0 spiro atoms. The van der Waals surface area contributed by atoms with E-state index in [1.165, 1.54) is 0 Å². The molecule has 0 fully saturated rings. The fourth-order valence-electron chi connectivity index (χ4n) is 11.1. The third-order valence-electron chi connectivity index (χ3n) is 14.7. The monoisotopic (exact) mass is 1010 g/mol. The van der Waals surface area contributed by atoms with Gasteiger partial charge in [-0.25, -0.2) is 0 Å². The maximum atomic E-state index is 4.70. The van der Waals surface area contributed by atoms with Gasteiger partial charge in [0.25, 0.3) is 0 Å². The molecule has 0 amide bonds. The van der Waals surface area contributed by atoms with Gasteiger partial charge in [0.1, 0.15) is 0 Å². The smallest absolute Gasteiger partial charge is 0.0703 e. The fourth-order valence-corrected chi connectivity index (χ4v) is 11.1. The molecule has 0 bridgehead atoms. The number of fused-ring (bicyclic) bond motifs is 5. The van der Waals surface area contributed by atoms with Gasteiger partial charge in [0.15, 0.2) is 0 Å². The highest BCUT2D eigenvalue weighted by Crippen LogP contribution is 2.45. The topological polar surface area (TPSA) is 43.7 Å². The van der Waals surface area contributed by atoms with Gasteiger partial charge in [0, 0.05) is 108 Å². The van der Waals surface area contributed by atoms with Crippen molar-refractivity contribution < 1.29 is 0 Å². The number of rotatable bonds is 13. The Labute approximate surface area is 459 Å². The number of anilines is 12. The molecule has 3 aromatic heterocycles. The zero-order valence-corrected chi connectivity index (χ0v) is 43.1. The van der Waals surface area contributed by atoms with Crippen LogP contribution in [0.15, 0.2) is 310 Å². The van der Waals surface area contributed by atoms with Crippen LogP contribution in [0.25, 0.3) is 49.3 Å². The number of nitrogens with zero attached hydrogens (tertiary/aromatic N) is 7. The fraction of sp³-hybridized carbons (Fsp3) is 0. The lowest BCUT2D eigenvalue weighted by atomic mass is 10.1. The zero-order valence-electron chi connectivity index (χ0n) is 43.1. The third kappa shape index (κ3) is 8.91. The van der Waals surface area contributed by atoms with E-state index in [4.69, 9.17) is 9.97 Å². The lowest BCUT2D eigenvalue weighted by molar-refractivity contribution is 1.18. The van der Waals surface area contributed by atoms with Crippen molar-refractivity contribution >= 4 is 112 Å². The van der Waals surface area contributed by atoms with Crippen molar-refractivity contribution in [2.75, 3.05) is 19.6 Å². The molecule has 3 heterocycles. The highest BCUT2D eigenvalue weighted by Gasteiger charge is 2.22. The number of benzene rings is 11. The zero-order chi connectivity index (χ0) is 52.5. The van der Waals surface area contributed by atoms with E-state index in [1.54, 1.807) is 0 Å². The number of hydrogen-bond acceptors (Lipinski definition) is 6. The van der Waals surface area contributed by atoms with Crippen molar-refractivity contribution in [3.63, 3.8) is 0 Å². The standard InChI is InChI=1S/C72H51N7/c1-6-20-54(21-7-1)75(55-22-8-2-9-23-55)59-30-34-61(35-31-59)77(63-38-42-69-52(48-63)18-16-46-73-69)65-40-44-71-67(50-65)68-51-66(41-45-72(68)79(71)58-28-14-5-15-29-58)78(64-39-43-70-53(49-64)19-17-47-74-70)62-36-32-60(33-37-62)76(56-24-10-3-11-25-56)57-26-12-4-13-27-57/h1-51H. The van der Waals surface area contributed by atoms with Gasteiger partial charge >= 0.3 is 0 Å². The van der Waals surface area contributed by atoms with Crippen LogP contribution in [-0.4, -0.2) is 14.5 Å². The van der Waals surface area contributed by atoms with Crippen LogP contribution in [0.1, 0.15) is 0 Å². The molecule has 0 N–H and O–H groups in total. The van der Waals surface area contributed by atoms with Crippen LogP contribution in [-0.2, 0) is 0 Å². The predicted octanol–water partition coefficient (Wildman–Crippen LogP) is 19.8. The van der Waals surface area contributed by atoms with Crippen LogP contribution in [0.3, 0.4) is 0 Å². The molecule has 7 nitrogen and oxygen atoms in total.